The predicted octanol–water partition coefficient (Wildman–Crippen LogP) is 0.357. The number of amides is 6. The zero-order valence-electron chi connectivity index (χ0n) is 23.7. The Morgan fingerprint density at radius 2 is 1.67 bits per heavy atom. The summed E-state index contributed by atoms with van der Waals surface area (Å²) in [5, 5.41) is 10.6. The lowest BCUT2D eigenvalue weighted by atomic mass is 9.80. The lowest BCUT2D eigenvalue weighted by molar-refractivity contribution is -0.143. The highest BCUT2D eigenvalue weighted by atomic mass is 16.2. The van der Waals surface area contributed by atoms with Gasteiger partial charge in [-0.15, -0.1) is 0 Å². The Bertz CT molecular complexity index is 970. The first-order valence-corrected chi connectivity index (χ1v) is 13.6. The predicted molar refractivity (Wildman–Crippen MR) is 145 cm³/mol. The molecule has 4 atom stereocenters. The van der Waals surface area contributed by atoms with Crippen molar-refractivity contribution in [3.05, 3.63) is 12.7 Å². The lowest BCUT2D eigenvalue weighted by Gasteiger charge is -2.34. The van der Waals surface area contributed by atoms with E-state index in [1.54, 1.807) is 20.8 Å². The summed E-state index contributed by atoms with van der Waals surface area (Å²) in [5.41, 5.74) is 4.68. The van der Waals surface area contributed by atoms with E-state index in [0.717, 1.165) is 25.3 Å². The molecule has 12 nitrogen and oxygen atoms in total. The fraction of sp³-hybridized carbons (Fsp3) is 0.704. The smallest absolute Gasteiger partial charge is 0.315 e. The Kier molecular flexibility index (Phi) is 11.1. The van der Waals surface area contributed by atoms with Gasteiger partial charge in [-0.3, -0.25) is 24.0 Å². The molecule has 0 aromatic carbocycles. The van der Waals surface area contributed by atoms with Crippen LogP contribution in [0.3, 0.4) is 0 Å². The number of nitrogens with two attached hydrogens (primary N) is 1. The number of hydrogen-bond acceptors (Lipinski definition) is 6. The van der Waals surface area contributed by atoms with Crippen molar-refractivity contribution in [1.82, 2.24) is 26.2 Å². The molecule has 1 aliphatic heterocycles. The second-order valence-corrected chi connectivity index (χ2v) is 11.8. The zero-order valence-corrected chi connectivity index (χ0v) is 23.7. The van der Waals surface area contributed by atoms with Crippen molar-refractivity contribution < 1.29 is 28.8 Å². The van der Waals surface area contributed by atoms with Crippen LogP contribution in [0.5, 0.6) is 0 Å². The van der Waals surface area contributed by atoms with Gasteiger partial charge in [-0.25, -0.2) is 4.79 Å². The Morgan fingerprint density at radius 3 is 2.15 bits per heavy atom. The Morgan fingerprint density at radius 1 is 1.03 bits per heavy atom. The van der Waals surface area contributed by atoms with Gasteiger partial charge in [0.1, 0.15) is 12.1 Å². The summed E-state index contributed by atoms with van der Waals surface area (Å²) < 4.78 is 0. The van der Waals surface area contributed by atoms with Crippen molar-refractivity contribution in [2.24, 2.45) is 23.5 Å². The molecule has 1 heterocycles. The molecule has 0 spiro atoms. The Hall–Kier alpha value is -3.44. The number of carbonyl (C=O) groups is 6. The van der Waals surface area contributed by atoms with Crippen LogP contribution >= 0.6 is 0 Å². The van der Waals surface area contributed by atoms with Crippen LogP contribution in [0.15, 0.2) is 12.7 Å². The summed E-state index contributed by atoms with van der Waals surface area (Å²) in [6, 6.07) is -3.78. The molecular formula is C27H44N6O6. The van der Waals surface area contributed by atoms with Gasteiger partial charge in [0.2, 0.25) is 23.5 Å². The molecule has 6 amide bonds. The first-order valence-electron chi connectivity index (χ1n) is 13.6. The Labute approximate surface area is 230 Å². The summed E-state index contributed by atoms with van der Waals surface area (Å²) in [4.78, 5) is 77.5. The summed E-state index contributed by atoms with van der Waals surface area (Å²) in [6.07, 6.45) is 4.72. The Balaban J connectivity index is 2.30. The summed E-state index contributed by atoms with van der Waals surface area (Å²) in [5.74, 6) is -3.60. The zero-order chi connectivity index (χ0) is 29.5. The van der Waals surface area contributed by atoms with Crippen LogP contribution in [0.25, 0.3) is 0 Å². The van der Waals surface area contributed by atoms with Crippen molar-refractivity contribution in [3.8, 4) is 0 Å². The minimum Gasteiger partial charge on any atom is -0.363 e. The van der Waals surface area contributed by atoms with E-state index in [9.17, 15) is 28.8 Å². The number of urea groups is 1. The molecule has 2 fully saturated rings. The van der Waals surface area contributed by atoms with E-state index in [0.29, 0.717) is 12.8 Å². The molecule has 1 saturated carbocycles. The molecule has 0 aromatic heterocycles. The number of Topliss-reactive ketones (excluding diaryl/α,β-unsaturated/α-hetero) is 1. The van der Waals surface area contributed by atoms with Gasteiger partial charge in [-0.05, 0) is 57.4 Å². The highest BCUT2D eigenvalue weighted by molar-refractivity contribution is 6.37. The maximum absolute atomic E-state index is 13.8. The fourth-order valence-corrected chi connectivity index (χ4v) is 5.03. The number of primary amides is 1. The second kappa shape index (κ2) is 13.6. The normalized spacial score (nSPS) is 20.8. The van der Waals surface area contributed by atoms with Crippen LogP contribution in [-0.2, 0) is 24.0 Å². The van der Waals surface area contributed by atoms with E-state index in [2.05, 4.69) is 27.8 Å². The highest BCUT2D eigenvalue weighted by Gasteiger charge is 2.46. The first kappa shape index (κ1) is 31.8. The number of ketones is 1. The summed E-state index contributed by atoms with van der Waals surface area (Å²) >= 11 is 0. The molecule has 218 valence electrons. The van der Waals surface area contributed by atoms with Gasteiger partial charge in [0.05, 0.1) is 6.04 Å². The van der Waals surface area contributed by atoms with Crippen molar-refractivity contribution in [1.29, 1.82) is 0 Å². The number of likely N-dealkylation sites (tertiary alicyclic amines) is 1. The first-order chi connectivity index (χ1) is 18.1. The third-order valence-corrected chi connectivity index (χ3v) is 7.28. The molecule has 39 heavy (non-hydrogen) atoms. The van der Waals surface area contributed by atoms with E-state index in [1.807, 2.05) is 13.8 Å². The largest absolute Gasteiger partial charge is 0.363 e. The van der Waals surface area contributed by atoms with Gasteiger partial charge >= 0.3 is 6.03 Å². The average Bonchev–Trinajstić information content (AvgIpc) is 3.26. The van der Waals surface area contributed by atoms with Gasteiger partial charge in [0.15, 0.2) is 0 Å². The third kappa shape index (κ3) is 9.07. The van der Waals surface area contributed by atoms with Crippen LogP contribution < -0.4 is 27.0 Å². The quantitative estimate of drug-likeness (QED) is 0.173. The number of rotatable bonds is 12. The summed E-state index contributed by atoms with van der Waals surface area (Å²) in [6.45, 7) is 12.6. The highest BCUT2D eigenvalue weighted by Crippen LogP contribution is 2.33. The minimum atomic E-state index is -1.17. The van der Waals surface area contributed by atoms with Crippen molar-refractivity contribution >= 4 is 35.4 Å². The lowest BCUT2D eigenvalue weighted by Crippen LogP contribution is -2.61. The third-order valence-electron chi connectivity index (χ3n) is 7.28. The molecule has 2 unspecified atom stereocenters. The average molecular weight is 549 g/mol. The van der Waals surface area contributed by atoms with Gasteiger partial charge in [-0.2, -0.15) is 0 Å². The molecule has 12 heteroatoms. The van der Waals surface area contributed by atoms with E-state index in [-0.39, 0.29) is 30.8 Å². The molecule has 0 aromatic rings. The fourth-order valence-electron chi connectivity index (χ4n) is 5.03. The van der Waals surface area contributed by atoms with Crippen LogP contribution in [0, 0.1) is 17.8 Å². The van der Waals surface area contributed by atoms with Crippen molar-refractivity contribution in [2.45, 2.75) is 90.4 Å². The minimum absolute atomic E-state index is 0.0199. The van der Waals surface area contributed by atoms with Crippen LogP contribution in [-0.4, -0.2) is 77.1 Å². The maximum Gasteiger partial charge on any atom is 0.315 e. The van der Waals surface area contributed by atoms with E-state index >= 15 is 0 Å². The van der Waals surface area contributed by atoms with Gasteiger partial charge < -0.3 is 31.9 Å². The molecular weight excluding hydrogens is 504 g/mol. The standard InChI is InChI=1S/C27H44N6O6/c1-7-20(34)29-14-19(31-26(39)32-27(4,5)6)25(38)33-12-11-17(15(2)3)21(33)24(37)30-18(22(35)23(28)36)13-16-9-8-10-16/h7,15-19,21H,1,8-14H2,2-6H3,(H2,28,36)(H,29,34)(H,30,37)(H2,31,32,39)/t17?,18?,19-,21-/m0/s1. The molecule has 6 N–H and O–H groups in total. The topological polar surface area (TPSA) is 180 Å². The van der Waals surface area contributed by atoms with Gasteiger partial charge in [0.25, 0.3) is 5.91 Å². The summed E-state index contributed by atoms with van der Waals surface area (Å²) in [7, 11) is 0. The van der Waals surface area contributed by atoms with E-state index in [1.165, 1.54) is 4.90 Å². The number of nitrogens with zero attached hydrogens (tertiary/aromatic N) is 1. The SMILES string of the molecule is C=CC(=O)NC[C@H](NC(=O)NC(C)(C)C)C(=O)N1CCC(C(C)C)[C@H]1C(=O)NC(CC1CCC1)C(=O)C(N)=O. The van der Waals surface area contributed by atoms with Crippen molar-refractivity contribution in [2.75, 3.05) is 13.1 Å². The number of nitrogens with one attached hydrogen (secondary N) is 4. The number of hydrogen-bond donors (Lipinski definition) is 5. The van der Waals surface area contributed by atoms with Gasteiger partial charge in [0, 0.05) is 18.6 Å². The molecule has 2 aliphatic rings. The van der Waals surface area contributed by atoms with E-state index in [4.69, 9.17) is 5.73 Å². The molecule has 0 bridgehead atoms. The molecule has 2 rings (SSSR count). The molecule has 1 saturated heterocycles. The van der Waals surface area contributed by atoms with E-state index < -0.39 is 59.1 Å². The second-order valence-electron chi connectivity index (χ2n) is 11.8. The van der Waals surface area contributed by atoms with Crippen LogP contribution in [0.1, 0.15) is 66.7 Å². The molecule has 0 radical (unpaired) electrons. The number of carbonyl (C=O) groups excluding carboxylic acids is 6. The van der Waals surface area contributed by atoms with Crippen LogP contribution in [0.4, 0.5) is 4.79 Å². The van der Waals surface area contributed by atoms with Gasteiger partial charge in [-0.1, -0.05) is 39.7 Å². The monoisotopic (exact) mass is 548 g/mol. The maximum atomic E-state index is 13.8. The van der Waals surface area contributed by atoms with Crippen LogP contribution in [0.2, 0.25) is 0 Å². The van der Waals surface area contributed by atoms with Crippen molar-refractivity contribution in [3.63, 3.8) is 0 Å². The molecule has 1 aliphatic carbocycles.